The van der Waals surface area contributed by atoms with Gasteiger partial charge in [0, 0.05) is 35.8 Å². The minimum atomic E-state index is -0.597. The first-order valence-electron chi connectivity index (χ1n) is 11.2. The first-order valence-corrected chi connectivity index (χ1v) is 11.2. The van der Waals surface area contributed by atoms with Gasteiger partial charge in [-0.05, 0) is 57.6 Å². The summed E-state index contributed by atoms with van der Waals surface area (Å²) in [7, 11) is 1.58. The van der Waals surface area contributed by atoms with Crippen LogP contribution in [0.1, 0.15) is 62.0 Å². The van der Waals surface area contributed by atoms with E-state index in [0.717, 1.165) is 49.4 Å². The number of benzene rings is 1. The van der Waals surface area contributed by atoms with E-state index in [9.17, 15) is 15.1 Å². The van der Waals surface area contributed by atoms with Crippen LogP contribution in [0.3, 0.4) is 0 Å². The van der Waals surface area contributed by atoms with E-state index >= 15 is 0 Å². The van der Waals surface area contributed by atoms with Crippen molar-refractivity contribution in [3.63, 3.8) is 0 Å². The summed E-state index contributed by atoms with van der Waals surface area (Å²) in [5.41, 5.74) is 0.944. The summed E-state index contributed by atoms with van der Waals surface area (Å²) in [6.07, 6.45) is 8.36. The van der Waals surface area contributed by atoms with Crippen molar-refractivity contribution in [2.45, 2.75) is 63.1 Å². The Kier molecular flexibility index (Phi) is 5.04. The zero-order valence-corrected chi connectivity index (χ0v) is 18.4. The van der Waals surface area contributed by atoms with Crippen LogP contribution in [0.5, 0.6) is 5.75 Å². The van der Waals surface area contributed by atoms with Gasteiger partial charge >= 0.3 is 5.91 Å². The van der Waals surface area contributed by atoms with E-state index in [4.69, 9.17) is 9.84 Å². The molecule has 2 saturated carbocycles. The van der Waals surface area contributed by atoms with Crippen molar-refractivity contribution in [2.75, 3.05) is 12.0 Å². The van der Waals surface area contributed by atoms with E-state index < -0.39 is 5.60 Å². The summed E-state index contributed by atoms with van der Waals surface area (Å²) >= 11 is 0. The zero-order valence-electron chi connectivity index (χ0n) is 18.4. The topological polar surface area (TPSA) is 94.5 Å². The lowest BCUT2D eigenvalue weighted by Crippen LogP contribution is -2.42. The van der Waals surface area contributed by atoms with Gasteiger partial charge in [-0.2, -0.15) is 9.83 Å². The Balaban J connectivity index is 1.52. The van der Waals surface area contributed by atoms with Crippen molar-refractivity contribution in [3.05, 3.63) is 53.6 Å². The number of nitrogens with zero attached hydrogens (tertiary/aromatic N) is 4. The van der Waals surface area contributed by atoms with E-state index in [1.807, 2.05) is 29.9 Å². The predicted molar refractivity (Wildman–Crippen MR) is 120 cm³/mol. The molecule has 2 aliphatic rings. The molecule has 0 radical (unpaired) electrons. The lowest BCUT2D eigenvalue weighted by Gasteiger charge is -2.33. The highest BCUT2D eigenvalue weighted by atomic mass is 16.5. The number of carbonyl (C=O) groups excluding carboxylic acids is 1. The van der Waals surface area contributed by atoms with Crippen molar-refractivity contribution in [1.82, 2.24) is 9.78 Å². The Morgan fingerprint density at radius 1 is 1.28 bits per heavy atom. The lowest BCUT2D eigenvalue weighted by atomic mass is 9.84. The van der Waals surface area contributed by atoms with Gasteiger partial charge < -0.3 is 15.1 Å². The Morgan fingerprint density at radius 3 is 2.69 bits per heavy atom. The van der Waals surface area contributed by atoms with Crippen LogP contribution in [0, 0.1) is 5.21 Å². The number of aromatic nitrogens is 3. The fourth-order valence-corrected chi connectivity index (χ4v) is 4.61. The summed E-state index contributed by atoms with van der Waals surface area (Å²) in [6, 6.07) is 8.93. The maximum absolute atomic E-state index is 13.4. The summed E-state index contributed by atoms with van der Waals surface area (Å²) in [5, 5.41) is 28.2. The van der Waals surface area contributed by atoms with Gasteiger partial charge in [-0.15, -0.1) is 0 Å². The molecule has 32 heavy (non-hydrogen) atoms. The van der Waals surface area contributed by atoms with Crippen LogP contribution in [0.15, 0.2) is 42.7 Å². The van der Waals surface area contributed by atoms with Crippen LogP contribution in [0.2, 0.25) is 0 Å². The van der Waals surface area contributed by atoms with Crippen molar-refractivity contribution >= 4 is 22.5 Å². The van der Waals surface area contributed by atoms with Crippen LogP contribution in [-0.2, 0) is 0 Å². The summed E-state index contributed by atoms with van der Waals surface area (Å²) in [6.45, 7) is 1.89. The SMILES string of the molecule is COc1cc2nn(C3CCC(C)(O)CC3)cc2cc1N(C(=O)c1cccc[n+]1[O-])C1CC1. The van der Waals surface area contributed by atoms with Gasteiger partial charge in [0.15, 0.2) is 6.20 Å². The molecule has 0 saturated heterocycles. The van der Waals surface area contributed by atoms with Crippen LogP contribution in [0.4, 0.5) is 5.69 Å². The van der Waals surface area contributed by atoms with Gasteiger partial charge in [0.05, 0.1) is 30.0 Å². The summed E-state index contributed by atoms with van der Waals surface area (Å²) < 4.78 is 8.24. The molecule has 0 atom stereocenters. The molecule has 8 heteroatoms. The molecule has 1 amide bonds. The van der Waals surface area contributed by atoms with E-state index in [2.05, 4.69) is 0 Å². The minimum Gasteiger partial charge on any atom is -0.618 e. The fraction of sp³-hybridized carbons (Fsp3) is 0.458. The third-order valence-electron chi connectivity index (χ3n) is 6.66. The number of anilines is 1. The molecule has 2 aromatic heterocycles. The first kappa shape index (κ1) is 20.8. The third-order valence-corrected chi connectivity index (χ3v) is 6.66. The normalized spacial score (nSPS) is 23.3. The van der Waals surface area contributed by atoms with E-state index in [1.54, 1.807) is 30.2 Å². The largest absolute Gasteiger partial charge is 0.618 e. The highest BCUT2D eigenvalue weighted by Crippen LogP contribution is 2.41. The number of ether oxygens (including phenoxy) is 1. The maximum atomic E-state index is 13.4. The number of rotatable bonds is 5. The molecular formula is C24H28N4O4. The molecular weight excluding hydrogens is 408 g/mol. The number of amides is 1. The number of hydrogen-bond acceptors (Lipinski definition) is 5. The molecule has 1 N–H and O–H groups in total. The number of fused-ring (bicyclic) bond motifs is 1. The van der Waals surface area contributed by atoms with Gasteiger partial charge in [0.1, 0.15) is 5.75 Å². The van der Waals surface area contributed by atoms with Gasteiger partial charge in [0.2, 0.25) is 0 Å². The van der Waals surface area contributed by atoms with Crippen molar-refractivity contribution in [1.29, 1.82) is 0 Å². The fourth-order valence-electron chi connectivity index (χ4n) is 4.61. The van der Waals surface area contributed by atoms with Crippen LogP contribution >= 0.6 is 0 Å². The van der Waals surface area contributed by atoms with Gasteiger partial charge in [-0.3, -0.25) is 14.4 Å². The van der Waals surface area contributed by atoms with Crippen LogP contribution < -0.4 is 14.4 Å². The molecule has 3 aromatic rings. The molecule has 0 aliphatic heterocycles. The number of pyridine rings is 1. The number of methoxy groups -OCH3 is 1. The number of hydrogen-bond donors (Lipinski definition) is 1. The molecule has 5 rings (SSSR count). The number of aliphatic hydroxyl groups is 1. The van der Waals surface area contributed by atoms with Gasteiger partial charge in [0.25, 0.3) is 5.69 Å². The zero-order chi connectivity index (χ0) is 22.5. The van der Waals surface area contributed by atoms with Crippen molar-refractivity contribution in [3.8, 4) is 5.75 Å². The van der Waals surface area contributed by atoms with E-state index in [0.29, 0.717) is 16.2 Å². The van der Waals surface area contributed by atoms with Crippen molar-refractivity contribution < 1.29 is 19.4 Å². The van der Waals surface area contributed by atoms with Crippen LogP contribution in [0.25, 0.3) is 10.9 Å². The Morgan fingerprint density at radius 2 is 2.03 bits per heavy atom. The summed E-state index contributed by atoms with van der Waals surface area (Å²) in [5.74, 6) is 0.227. The highest BCUT2D eigenvalue weighted by Gasteiger charge is 2.39. The van der Waals surface area contributed by atoms with Gasteiger partial charge in [-0.25, -0.2) is 0 Å². The quantitative estimate of drug-likeness (QED) is 0.489. The van der Waals surface area contributed by atoms with Gasteiger partial charge in [-0.1, -0.05) is 0 Å². The molecule has 2 aliphatic carbocycles. The Hall–Kier alpha value is -3.13. The second kappa shape index (κ2) is 7.78. The average molecular weight is 437 g/mol. The molecule has 0 bridgehead atoms. The Labute approximate surface area is 186 Å². The first-order chi connectivity index (χ1) is 15.4. The van der Waals surface area contributed by atoms with Crippen LogP contribution in [-0.4, -0.2) is 39.5 Å². The Bertz CT molecular complexity index is 1160. The predicted octanol–water partition coefficient (Wildman–Crippen LogP) is 3.35. The highest BCUT2D eigenvalue weighted by molar-refractivity contribution is 6.06. The smallest absolute Gasteiger partial charge is 0.324 e. The third kappa shape index (κ3) is 3.79. The van der Waals surface area contributed by atoms with E-state index in [-0.39, 0.29) is 23.7 Å². The molecule has 1 aromatic carbocycles. The van der Waals surface area contributed by atoms with Crippen molar-refractivity contribution in [2.24, 2.45) is 0 Å². The molecule has 8 nitrogen and oxygen atoms in total. The summed E-state index contributed by atoms with van der Waals surface area (Å²) in [4.78, 5) is 15.1. The second-order valence-electron chi connectivity index (χ2n) is 9.24. The number of carbonyl (C=O) groups is 1. The molecule has 2 heterocycles. The average Bonchev–Trinajstić information content (AvgIpc) is 3.51. The monoisotopic (exact) mass is 436 g/mol. The minimum absolute atomic E-state index is 0.0460. The molecule has 2 fully saturated rings. The maximum Gasteiger partial charge on any atom is 0.324 e. The van der Waals surface area contributed by atoms with E-state index in [1.165, 1.54) is 6.20 Å². The molecule has 168 valence electrons. The lowest BCUT2D eigenvalue weighted by molar-refractivity contribution is -0.607. The standard InChI is InChI=1S/C24H28N4O4/c1-24(30)10-8-17(9-11-24)26-15-16-13-21(22(32-2)14-19(16)25-26)28(18-6-7-18)23(29)20-5-3-4-12-27(20)31/h3-5,12-15,17-18,30H,6-11H2,1-2H3. The second-order valence-corrected chi connectivity index (χ2v) is 9.24. The molecule has 0 spiro atoms. The molecule has 0 unspecified atom stereocenters.